The average molecular weight is 223 g/mol. The Morgan fingerprint density at radius 1 is 1.50 bits per heavy atom. The predicted octanol–water partition coefficient (Wildman–Crippen LogP) is 2.16. The normalized spacial score (nSPS) is 12.4. The van der Waals surface area contributed by atoms with E-state index in [9.17, 15) is 9.18 Å². The molecule has 1 aromatic carbocycles. The molecule has 0 saturated carbocycles. The van der Waals surface area contributed by atoms with E-state index in [1.807, 2.05) is 0 Å². The highest BCUT2D eigenvalue weighted by Crippen LogP contribution is 2.15. The summed E-state index contributed by atoms with van der Waals surface area (Å²) in [6, 6.07) is 6.29. The van der Waals surface area contributed by atoms with E-state index in [0.29, 0.717) is 5.56 Å². The molecule has 0 aliphatic rings. The maximum absolute atomic E-state index is 13.3. The first kappa shape index (κ1) is 12.2. The molecule has 1 N–H and O–H groups in total. The van der Waals surface area contributed by atoms with Crippen LogP contribution in [0, 0.1) is 5.82 Å². The van der Waals surface area contributed by atoms with E-state index in [1.165, 1.54) is 25.5 Å². The number of methoxy groups -OCH3 is 1. The molecule has 3 nitrogen and oxygen atoms in total. The maximum Gasteiger partial charge on any atom is 0.331 e. The molecule has 0 radical (unpaired) electrons. The van der Waals surface area contributed by atoms with Gasteiger partial charge in [-0.2, -0.15) is 0 Å². The Morgan fingerprint density at radius 3 is 2.81 bits per heavy atom. The van der Waals surface area contributed by atoms with Crippen molar-refractivity contribution in [2.75, 3.05) is 7.11 Å². The lowest BCUT2D eigenvalue weighted by Gasteiger charge is -2.12. The molecule has 0 saturated heterocycles. The Labute approximate surface area is 93.9 Å². The van der Waals surface area contributed by atoms with Gasteiger partial charge >= 0.3 is 5.97 Å². The molecule has 1 rings (SSSR count). The van der Waals surface area contributed by atoms with Crippen LogP contribution < -0.4 is 5.32 Å². The van der Waals surface area contributed by atoms with Crippen LogP contribution >= 0.6 is 0 Å². The van der Waals surface area contributed by atoms with Crippen LogP contribution in [0.1, 0.15) is 18.5 Å². The topological polar surface area (TPSA) is 38.3 Å². The first-order chi connectivity index (χ1) is 7.65. The molecule has 1 atom stereocenters. The van der Waals surface area contributed by atoms with E-state index in [1.54, 1.807) is 25.1 Å². The van der Waals surface area contributed by atoms with Crippen molar-refractivity contribution in [3.63, 3.8) is 0 Å². The van der Waals surface area contributed by atoms with Crippen molar-refractivity contribution in [3.8, 4) is 0 Å². The van der Waals surface area contributed by atoms with Crippen molar-refractivity contribution in [2.45, 2.75) is 13.0 Å². The quantitative estimate of drug-likeness (QED) is 0.628. The Balaban J connectivity index is 2.60. The molecular weight excluding hydrogens is 209 g/mol. The lowest BCUT2D eigenvalue weighted by atomic mass is 10.1. The second-order valence-corrected chi connectivity index (χ2v) is 3.27. The van der Waals surface area contributed by atoms with E-state index in [-0.39, 0.29) is 11.9 Å². The number of rotatable bonds is 4. The molecule has 1 aromatic rings. The lowest BCUT2D eigenvalue weighted by molar-refractivity contribution is -0.134. The SMILES string of the molecule is COC(=O)/C=C/N[C@H](C)c1ccccc1F. The zero-order valence-corrected chi connectivity index (χ0v) is 9.24. The summed E-state index contributed by atoms with van der Waals surface area (Å²) in [6.07, 6.45) is 2.69. The minimum absolute atomic E-state index is 0.206. The van der Waals surface area contributed by atoms with Crippen LogP contribution in [0.2, 0.25) is 0 Å². The highest BCUT2D eigenvalue weighted by Gasteiger charge is 2.07. The summed E-state index contributed by atoms with van der Waals surface area (Å²) >= 11 is 0. The summed E-state index contributed by atoms with van der Waals surface area (Å²) < 4.78 is 17.8. The maximum atomic E-state index is 13.3. The van der Waals surface area contributed by atoms with Crippen LogP contribution in [0.4, 0.5) is 4.39 Å². The molecule has 0 heterocycles. The number of nitrogens with one attached hydrogen (secondary N) is 1. The number of hydrogen-bond acceptors (Lipinski definition) is 3. The minimum atomic E-state index is -0.451. The van der Waals surface area contributed by atoms with E-state index >= 15 is 0 Å². The summed E-state index contributed by atoms with van der Waals surface area (Å²) in [4.78, 5) is 10.8. The Morgan fingerprint density at radius 2 is 2.19 bits per heavy atom. The van der Waals surface area contributed by atoms with Gasteiger partial charge in [-0.15, -0.1) is 0 Å². The smallest absolute Gasteiger partial charge is 0.331 e. The fourth-order valence-corrected chi connectivity index (χ4v) is 1.24. The molecule has 0 bridgehead atoms. The van der Waals surface area contributed by atoms with Gasteiger partial charge in [0.05, 0.1) is 13.2 Å². The minimum Gasteiger partial charge on any atom is -0.466 e. The van der Waals surface area contributed by atoms with Crippen LogP contribution in [-0.2, 0) is 9.53 Å². The van der Waals surface area contributed by atoms with E-state index in [2.05, 4.69) is 10.1 Å². The fourth-order valence-electron chi connectivity index (χ4n) is 1.24. The summed E-state index contributed by atoms with van der Waals surface area (Å²) in [5.41, 5.74) is 0.553. The summed E-state index contributed by atoms with van der Waals surface area (Å²) in [7, 11) is 1.30. The number of hydrogen-bond donors (Lipinski definition) is 1. The number of benzene rings is 1. The first-order valence-electron chi connectivity index (χ1n) is 4.90. The third kappa shape index (κ3) is 3.38. The molecule has 0 aliphatic carbocycles. The van der Waals surface area contributed by atoms with E-state index < -0.39 is 5.97 Å². The Hall–Kier alpha value is -1.84. The van der Waals surface area contributed by atoms with Crippen molar-refractivity contribution in [1.29, 1.82) is 0 Å². The number of halogens is 1. The highest BCUT2D eigenvalue weighted by atomic mass is 19.1. The van der Waals surface area contributed by atoms with Gasteiger partial charge in [0.25, 0.3) is 0 Å². The van der Waals surface area contributed by atoms with Crippen molar-refractivity contribution in [2.24, 2.45) is 0 Å². The zero-order valence-electron chi connectivity index (χ0n) is 9.24. The van der Waals surface area contributed by atoms with Crippen molar-refractivity contribution < 1.29 is 13.9 Å². The largest absolute Gasteiger partial charge is 0.466 e. The molecule has 16 heavy (non-hydrogen) atoms. The van der Waals surface area contributed by atoms with Gasteiger partial charge in [0.2, 0.25) is 0 Å². The third-order valence-electron chi connectivity index (χ3n) is 2.14. The Bertz CT molecular complexity index is 390. The standard InChI is InChI=1S/C12H14FNO2/c1-9(14-8-7-12(15)16-2)10-5-3-4-6-11(10)13/h3-9,14H,1-2H3/b8-7+/t9-/m1/s1. The molecule has 0 unspecified atom stereocenters. The summed E-state index contributed by atoms with van der Waals surface area (Å²) in [6.45, 7) is 1.81. The summed E-state index contributed by atoms with van der Waals surface area (Å²) in [5.74, 6) is -0.720. The number of esters is 1. The predicted molar refractivity (Wildman–Crippen MR) is 59.1 cm³/mol. The lowest BCUT2D eigenvalue weighted by Crippen LogP contribution is -2.13. The average Bonchev–Trinajstić information content (AvgIpc) is 2.29. The van der Waals surface area contributed by atoms with E-state index in [4.69, 9.17) is 0 Å². The molecule has 86 valence electrons. The van der Waals surface area contributed by atoms with Gasteiger partial charge in [-0.25, -0.2) is 9.18 Å². The molecule has 0 spiro atoms. The van der Waals surface area contributed by atoms with Crippen LogP contribution in [0.15, 0.2) is 36.5 Å². The number of ether oxygens (including phenoxy) is 1. The highest BCUT2D eigenvalue weighted by molar-refractivity contribution is 5.81. The van der Waals surface area contributed by atoms with Crippen molar-refractivity contribution in [1.82, 2.24) is 5.32 Å². The van der Waals surface area contributed by atoms with Crippen LogP contribution in [0.3, 0.4) is 0 Å². The third-order valence-corrected chi connectivity index (χ3v) is 2.14. The Kier molecular flexibility index (Phi) is 4.51. The van der Waals surface area contributed by atoms with Gasteiger partial charge in [-0.3, -0.25) is 0 Å². The fraction of sp³-hybridized carbons (Fsp3) is 0.250. The van der Waals surface area contributed by atoms with Crippen molar-refractivity contribution >= 4 is 5.97 Å². The van der Waals surface area contributed by atoms with Gasteiger partial charge in [0.15, 0.2) is 0 Å². The molecule has 4 heteroatoms. The van der Waals surface area contributed by atoms with Gasteiger partial charge in [-0.05, 0) is 13.0 Å². The second-order valence-electron chi connectivity index (χ2n) is 3.27. The molecule has 0 amide bonds. The molecular formula is C12H14FNO2. The van der Waals surface area contributed by atoms with Crippen molar-refractivity contribution in [3.05, 3.63) is 47.9 Å². The summed E-state index contributed by atoms with van der Waals surface area (Å²) in [5, 5.41) is 2.88. The number of carbonyl (C=O) groups excluding carboxylic acids is 1. The van der Waals surface area contributed by atoms with Gasteiger partial charge in [0.1, 0.15) is 5.82 Å². The van der Waals surface area contributed by atoms with Crippen LogP contribution in [0.5, 0.6) is 0 Å². The zero-order chi connectivity index (χ0) is 12.0. The monoisotopic (exact) mass is 223 g/mol. The molecule has 0 aliphatic heterocycles. The second kappa shape index (κ2) is 5.90. The first-order valence-corrected chi connectivity index (χ1v) is 4.90. The molecule has 0 aromatic heterocycles. The van der Waals surface area contributed by atoms with Gasteiger partial charge in [-0.1, -0.05) is 18.2 Å². The van der Waals surface area contributed by atoms with E-state index in [0.717, 1.165) is 0 Å². The molecule has 0 fully saturated rings. The number of carbonyl (C=O) groups is 1. The van der Waals surface area contributed by atoms with Gasteiger partial charge in [0, 0.05) is 17.8 Å². The van der Waals surface area contributed by atoms with Gasteiger partial charge < -0.3 is 10.1 Å². The van der Waals surface area contributed by atoms with Crippen LogP contribution in [-0.4, -0.2) is 13.1 Å². The van der Waals surface area contributed by atoms with Crippen LogP contribution in [0.25, 0.3) is 0 Å².